The van der Waals surface area contributed by atoms with Crippen molar-refractivity contribution in [2.24, 2.45) is 11.7 Å². The van der Waals surface area contributed by atoms with Gasteiger partial charge in [0.15, 0.2) is 40.8 Å². The number of phosphoric acid groups is 1. The van der Waals surface area contributed by atoms with E-state index < -0.39 is 94.4 Å². The van der Waals surface area contributed by atoms with Crippen molar-refractivity contribution in [3.8, 4) is 0 Å². The van der Waals surface area contributed by atoms with E-state index in [1.807, 2.05) is 13.8 Å². The zero-order valence-electron chi connectivity index (χ0n) is 33.8. The van der Waals surface area contributed by atoms with E-state index in [1.54, 1.807) is 31.2 Å². The number of ether oxygens (including phenoxy) is 2. The Morgan fingerprint density at radius 1 is 0.952 bits per heavy atom. The number of carbonyl (C=O) groups excluding carboxylic acids is 2. The molecule has 63 heavy (non-hydrogen) atoms. The van der Waals surface area contributed by atoms with E-state index in [0.29, 0.717) is 11.1 Å². The standard InChI is InChI=1S/C36H44FN11O12P2S/c1-17(2)27(38)34(50)46-18(3)21(49)8-19-4-6-20(7-5-19)12-63-62(54)56-11-24-30(26(37)36(58-24)48-16-44-28-31(39)40-13-41-32(28)48)60-61(52,53)55-10-23-22(59-62)9-25(57-23)47-15-45-29-33(47)42-14-43-35(29)51/h4-7,13-18,22-27,30,36H,8-12,38H2,1-3H3,(H,46,50)(H,52,53)(H2,39,40,41)(H,42,43,51)/t18-,22-,23+,24+,25+,26+,27-,30+,36+,62?/m0/s1. The summed E-state index contributed by atoms with van der Waals surface area (Å²) < 4.78 is 82.9. The van der Waals surface area contributed by atoms with E-state index in [4.69, 9.17) is 39.0 Å². The molecule has 0 spiro atoms. The highest BCUT2D eigenvalue weighted by Crippen LogP contribution is 2.64. The molecule has 3 aliphatic rings. The molecule has 2 unspecified atom stereocenters. The topological polar surface area (TPSA) is 315 Å². The van der Waals surface area contributed by atoms with Gasteiger partial charge < -0.3 is 36.1 Å². The van der Waals surface area contributed by atoms with Gasteiger partial charge in [-0.1, -0.05) is 38.1 Å². The van der Waals surface area contributed by atoms with Crippen molar-refractivity contribution in [1.29, 1.82) is 0 Å². The van der Waals surface area contributed by atoms with Crippen LogP contribution in [0.15, 0.2) is 54.4 Å². The first-order chi connectivity index (χ1) is 30.0. The molecule has 1 aromatic carbocycles. The van der Waals surface area contributed by atoms with Gasteiger partial charge in [-0.3, -0.25) is 41.6 Å². The largest absolute Gasteiger partial charge is 0.472 e. The van der Waals surface area contributed by atoms with Gasteiger partial charge in [0, 0.05) is 18.6 Å². The highest BCUT2D eigenvalue weighted by Gasteiger charge is 2.53. The molecule has 7 heterocycles. The smallest absolute Gasteiger partial charge is 0.382 e. The van der Waals surface area contributed by atoms with Gasteiger partial charge in [-0.05, 0) is 35.4 Å². The van der Waals surface area contributed by atoms with Crippen molar-refractivity contribution < 1.29 is 55.6 Å². The number of nitrogen functional groups attached to an aromatic ring is 1. The van der Waals surface area contributed by atoms with E-state index in [0.717, 1.165) is 17.7 Å². The second kappa shape index (κ2) is 18.2. The number of amides is 1. The number of aromatic nitrogens is 8. The van der Waals surface area contributed by atoms with Crippen LogP contribution in [-0.4, -0.2) is 112 Å². The van der Waals surface area contributed by atoms with Crippen molar-refractivity contribution in [2.45, 2.75) is 94.5 Å². The average molecular weight is 936 g/mol. The SMILES string of the molecule is CC(C)[C@H](N)C(=O)N[C@@H](C)C(=O)Cc1ccc(CSP2(=O)OC[C@H]3O[C@@H](n4cnc5c(N)ncnc54)[C@H](F)[C@@H]3OP(=O)(O)OC[C@H]3O[C@@H](n4cnc5c(=O)[nH]cnc54)C[C@@H]3O2)cc1. The molecule has 23 nitrogen and oxygen atoms in total. The van der Waals surface area contributed by atoms with Crippen LogP contribution in [0, 0.1) is 5.92 Å². The molecule has 1 amide bonds. The number of ketones is 1. The number of anilines is 1. The summed E-state index contributed by atoms with van der Waals surface area (Å²) in [5.41, 5.74) is 13.1. The third kappa shape index (κ3) is 9.64. The lowest BCUT2D eigenvalue weighted by molar-refractivity contribution is -0.128. The van der Waals surface area contributed by atoms with Crippen LogP contribution in [0.5, 0.6) is 0 Å². The third-order valence-electron chi connectivity index (χ3n) is 10.8. The molecule has 5 aromatic rings. The van der Waals surface area contributed by atoms with E-state index in [9.17, 15) is 28.4 Å². The molecular weight excluding hydrogens is 891 g/mol. The number of phosphoric ester groups is 1. The van der Waals surface area contributed by atoms with Gasteiger partial charge >= 0.3 is 14.6 Å². The number of hydrogen-bond acceptors (Lipinski definition) is 19. The van der Waals surface area contributed by atoms with Crippen LogP contribution in [0.1, 0.15) is 50.8 Å². The zero-order valence-corrected chi connectivity index (χ0v) is 36.4. The number of nitrogens with zero attached hydrogens (tertiary/aromatic N) is 7. The number of Topliss-reactive ketones (excluding diaryl/α,β-unsaturated/α-hetero) is 1. The molecular formula is C36H44FN11O12P2S. The Morgan fingerprint density at radius 2 is 1.65 bits per heavy atom. The van der Waals surface area contributed by atoms with Crippen molar-refractivity contribution in [3.63, 3.8) is 0 Å². The predicted molar refractivity (Wildman–Crippen MR) is 221 cm³/mol. The number of benzene rings is 1. The van der Waals surface area contributed by atoms with E-state index >= 15 is 4.39 Å². The zero-order chi connectivity index (χ0) is 44.8. The molecule has 3 saturated heterocycles. The summed E-state index contributed by atoms with van der Waals surface area (Å²) in [5, 5.41) is 2.66. The van der Waals surface area contributed by atoms with Crippen molar-refractivity contribution in [2.75, 3.05) is 18.9 Å². The van der Waals surface area contributed by atoms with Crippen LogP contribution >= 0.6 is 26.0 Å². The first kappa shape index (κ1) is 45.1. The highest BCUT2D eigenvalue weighted by atomic mass is 32.7. The van der Waals surface area contributed by atoms with Crippen LogP contribution in [0.25, 0.3) is 22.3 Å². The minimum Gasteiger partial charge on any atom is -0.382 e. The summed E-state index contributed by atoms with van der Waals surface area (Å²) in [6, 6.07) is 5.38. The molecule has 0 saturated carbocycles. The lowest BCUT2D eigenvalue weighted by Gasteiger charge is -2.28. The Kier molecular flexibility index (Phi) is 13.0. The summed E-state index contributed by atoms with van der Waals surface area (Å²) in [7, 11) is -5.08. The first-order valence-corrected chi connectivity index (χ1v) is 24.3. The molecule has 7 N–H and O–H groups in total. The Hall–Kier alpha value is -4.52. The third-order valence-corrected chi connectivity index (χ3v) is 15.4. The van der Waals surface area contributed by atoms with E-state index in [2.05, 4.69) is 35.2 Å². The maximum atomic E-state index is 16.5. The van der Waals surface area contributed by atoms with Crippen LogP contribution in [0.3, 0.4) is 0 Å². The van der Waals surface area contributed by atoms with Gasteiger partial charge in [-0.25, -0.2) is 38.4 Å². The summed E-state index contributed by atoms with van der Waals surface area (Å²) in [5.74, 6) is -0.678. The number of H-pyrrole nitrogens is 1. The molecule has 0 bridgehead atoms. The highest BCUT2D eigenvalue weighted by molar-refractivity contribution is 8.54. The second-order valence-electron chi connectivity index (χ2n) is 15.5. The van der Waals surface area contributed by atoms with Crippen molar-refractivity contribution >= 4 is 65.8 Å². The number of carbonyl (C=O) groups is 2. The number of hydrogen-bond donors (Lipinski definition) is 5. The fraction of sp³-hybridized carbons (Fsp3) is 0.500. The molecule has 27 heteroatoms. The van der Waals surface area contributed by atoms with Crippen LogP contribution in [-0.2, 0) is 58.5 Å². The molecule has 3 aliphatic heterocycles. The van der Waals surface area contributed by atoms with Crippen LogP contribution in [0.2, 0.25) is 0 Å². The summed E-state index contributed by atoms with van der Waals surface area (Å²) in [4.78, 5) is 71.6. The number of nitrogens with one attached hydrogen (secondary N) is 2. The number of rotatable bonds is 11. The molecule has 8 rings (SSSR count). The van der Waals surface area contributed by atoms with Crippen LogP contribution in [0.4, 0.5) is 10.2 Å². The second-order valence-corrected chi connectivity index (χ2v) is 20.9. The molecule has 0 radical (unpaired) electrons. The molecule has 338 valence electrons. The maximum absolute atomic E-state index is 16.5. The minimum atomic E-state index is -5.08. The maximum Gasteiger partial charge on any atom is 0.472 e. The molecule has 4 aromatic heterocycles. The fourth-order valence-corrected chi connectivity index (χ4v) is 11.6. The Bertz CT molecular complexity index is 2650. The van der Waals surface area contributed by atoms with Gasteiger partial charge in [0.05, 0.1) is 44.3 Å². The number of fused-ring (bicyclic) bond motifs is 4. The van der Waals surface area contributed by atoms with Gasteiger partial charge in [0.25, 0.3) is 5.56 Å². The Morgan fingerprint density at radius 3 is 2.41 bits per heavy atom. The van der Waals surface area contributed by atoms with E-state index in [-0.39, 0.29) is 58.4 Å². The summed E-state index contributed by atoms with van der Waals surface area (Å²) in [6.07, 6.45) is -5.34. The predicted octanol–water partition coefficient (Wildman–Crippen LogP) is 2.62. The normalized spacial score (nSPS) is 30.0. The van der Waals surface area contributed by atoms with Crippen molar-refractivity contribution in [1.82, 2.24) is 44.4 Å². The quantitative estimate of drug-likeness (QED) is 0.119. The van der Waals surface area contributed by atoms with Crippen molar-refractivity contribution in [3.05, 3.63) is 71.1 Å². The molecule has 3 fully saturated rings. The monoisotopic (exact) mass is 935 g/mol. The summed E-state index contributed by atoms with van der Waals surface area (Å²) in [6.45, 7) is -0.433. The number of halogens is 1. The van der Waals surface area contributed by atoms with Gasteiger partial charge in [-0.2, -0.15) is 0 Å². The first-order valence-electron chi connectivity index (χ1n) is 19.7. The number of aromatic amines is 1. The fourth-order valence-electron chi connectivity index (χ4n) is 7.17. The number of imidazole rings is 2. The Balaban J connectivity index is 1.03. The number of nitrogens with two attached hydrogens (primary N) is 2. The average Bonchev–Trinajstić information content (AvgIpc) is 4.04. The molecule has 0 aliphatic carbocycles. The van der Waals surface area contributed by atoms with Gasteiger partial charge in [-0.15, -0.1) is 0 Å². The lowest BCUT2D eigenvalue weighted by atomic mass is 10.0. The van der Waals surface area contributed by atoms with Gasteiger partial charge in [0.2, 0.25) is 5.91 Å². The lowest BCUT2D eigenvalue weighted by Crippen LogP contribution is -2.49. The summed E-state index contributed by atoms with van der Waals surface area (Å²) >= 11 is 0.800. The Labute approximate surface area is 361 Å². The van der Waals surface area contributed by atoms with Gasteiger partial charge in [0.1, 0.15) is 42.5 Å². The minimum absolute atomic E-state index is 0.0219. The van der Waals surface area contributed by atoms with Crippen LogP contribution < -0.4 is 22.3 Å². The molecule has 11 atom stereocenters. The van der Waals surface area contributed by atoms with E-state index in [1.165, 1.54) is 28.1 Å². The number of alkyl halides is 1.